The van der Waals surface area contributed by atoms with Crippen LogP contribution in [0.5, 0.6) is 0 Å². The molecule has 2 aromatic rings. The van der Waals surface area contributed by atoms with Gasteiger partial charge in [0.05, 0.1) is 16.1 Å². The maximum atomic E-state index is 6.06. The van der Waals surface area contributed by atoms with E-state index in [1.165, 1.54) is 0 Å². The number of halogens is 2. The van der Waals surface area contributed by atoms with E-state index >= 15 is 0 Å². The quantitative estimate of drug-likeness (QED) is 0.846. The Bertz CT molecular complexity index is 557. The van der Waals surface area contributed by atoms with E-state index in [-0.39, 0.29) is 6.04 Å². The summed E-state index contributed by atoms with van der Waals surface area (Å²) in [5.41, 5.74) is 1.10. The monoisotopic (exact) mass is 315 g/mol. The molecule has 0 saturated heterocycles. The van der Waals surface area contributed by atoms with Gasteiger partial charge in [-0.05, 0) is 30.5 Å². The average molecular weight is 316 g/mol. The highest BCUT2D eigenvalue weighted by molar-refractivity contribution is 7.15. The van der Waals surface area contributed by atoms with Crippen LogP contribution in [0, 0.1) is 0 Å². The molecule has 0 bridgehead atoms. The average Bonchev–Trinajstić information content (AvgIpc) is 2.87. The standard InChI is InChI=1S/C13H15Cl2N3S/c1-3-11(8-5-6-9(14)10(15)7-8)16-13-18-17-12(4-2)19-13/h5-7,11H,3-4H2,1-2H3,(H,16,18). The van der Waals surface area contributed by atoms with Gasteiger partial charge in [-0.15, -0.1) is 10.2 Å². The van der Waals surface area contributed by atoms with Crippen LogP contribution in [-0.2, 0) is 6.42 Å². The van der Waals surface area contributed by atoms with Gasteiger partial charge in [0.15, 0.2) is 0 Å². The molecule has 1 N–H and O–H groups in total. The van der Waals surface area contributed by atoms with Gasteiger partial charge in [0.2, 0.25) is 5.13 Å². The first-order chi connectivity index (χ1) is 9.13. The summed E-state index contributed by atoms with van der Waals surface area (Å²) in [6.45, 7) is 4.18. The third-order valence-corrected chi connectivity index (χ3v) is 4.56. The van der Waals surface area contributed by atoms with Crippen LogP contribution in [0.15, 0.2) is 18.2 Å². The van der Waals surface area contributed by atoms with Crippen molar-refractivity contribution >= 4 is 39.7 Å². The molecule has 19 heavy (non-hydrogen) atoms. The van der Waals surface area contributed by atoms with Gasteiger partial charge >= 0.3 is 0 Å². The van der Waals surface area contributed by atoms with Gasteiger partial charge in [-0.1, -0.05) is 54.5 Å². The fourth-order valence-corrected chi connectivity index (χ4v) is 2.79. The van der Waals surface area contributed by atoms with E-state index in [1.54, 1.807) is 11.3 Å². The number of nitrogens with zero attached hydrogens (tertiary/aromatic N) is 2. The van der Waals surface area contributed by atoms with Gasteiger partial charge in [-0.3, -0.25) is 0 Å². The molecule has 0 radical (unpaired) electrons. The van der Waals surface area contributed by atoms with Crippen molar-refractivity contribution in [2.45, 2.75) is 32.7 Å². The molecule has 0 aliphatic carbocycles. The van der Waals surface area contributed by atoms with E-state index in [2.05, 4.69) is 29.4 Å². The zero-order chi connectivity index (χ0) is 13.8. The molecule has 3 nitrogen and oxygen atoms in total. The van der Waals surface area contributed by atoms with Crippen molar-refractivity contribution in [2.75, 3.05) is 5.32 Å². The van der Waals surface area contributed by atoms with E-state index < -0.39 is 0 Å². The molecule has 1 aromatic carbocycles. The lowest BCUT2D eigenvalue weighted by molar-refractivity contribution is 0.745. The maximum absolute atomic E-state index is 6.06. The number of hydrogen-bond acceptors (Lipinski definition) is 4. The van der Waals surface area contributed by atoms with Gasteiger partial charge in [0.1, 0.15) is 5.01 Å². The summed E-state index contributed by atoms with van der Waals surface area (Å²) in [6, 6.07) is 5.86. The zero-order valence-corrected chi connectivity index (χ0v) is 13.1. The zero-order valence-electron chi connectivity index (χ0n) is 10.8. The molecule has 0 aliphatic heterocycles. The van der Waals surface area contributed by atoms with E-state index in [1.807, 2.05) is 18.2 Å². The van der Waals surface area contributed by atoms with Crippen LogP contribution in [0.25, 0.3) is 0 Å². The summed E-state index contributed by atoms with van der Waals surface area (Å²) in [5, 5.41) is 14.7. The molecular weight excluding hydrogens is 301 g/mol. The minimum absolute atomic E-state index is 0.160. The first-order valence-corrected chi connectivity index (χ1v) is 7.75. The Morgan fingerprint density at radius 3 is 2.58 bits per heavy atom. The Balaban J connectivity index is 2.17. The fraction of sp³-hybridized carbons (Fsp3) is 0.385. The maximum Gasteiger partial charge on any atom is 0.206 e. The summed E-state index contributed by atoms with van der Waals surface area (Å²) in [6.07, 6.45) is 1.84. The molecule has 0 amide bonds. The van der Waals surface area contributed by atoms with E-state index in [0.717, 1.165) is 28.5 Å². The van der Waals surface area contributed by atoms with E-state index in [9.17, 15) is 0 Å². The van der Waals surface area contributed by atoms with Gasteiger partial charge in [0, 0.05) is 0 Å². The van der Waals surface area contributed by atoms with Crippen LogP contribution in [0.1, 0.15) is 36.9 Å². The van der Waals surface area contributed by atoms with Crippen LogP contribution in [0.4, 0.5) is 5.13 Å². The van der Waals surface area contributed by atoms with Gasteiger partial charge in [-0.25, -0.2) is 0 Å². The molecule has 102 valence electrons. The molecule has 6 heteroatoms. The second kappa shape index (κ2) is 6.55. The molecule has 1 atom stereocenters. The summed E-state index contributed by atoms with van der Waals surface area (Å²) < 4.78 is 0. The SMILES string of the molecule is CCc1nnc(NC(CC)c2ccc(Cl)c(Cl)c2)s1. The normalized spacial score (nSPS) is 12.4. The van der Waals surface area contributed by atoms with Crippen molar-refractivity contribution in [1.82, 2.24) is 10.2 Å². The second-order valence-corrected chi connectivity index (χ2v) is 6.01. The molecular formula is C13H15Cl2N3S. The minimum Gasteiger partial charge on any atom is -0.353 e. The van der Waals surface area contributed by atoms with Crippen molar-refractivity contribution in [1.29, 1.82) is 0 Å². The minimum atomic E-state index is 0.160. The number of benzene rings is 1. The number of hydrogen-bond donors (Lipinski definition) is 1. The number of anilines is 1. The Morgan fingerprint density at radius 2 is 2.00 bits per heavy atom. The van der Waals surface area contributed by atoms with E-state index in [4.69, 9.17) is 23.2 Å². The Kier molecular flexibility index (Phi) is 5.02. The first kappa shape index (κ1) is 14.6. The summed E-state index contributed by atoms with van der Waals surface area (Å²) in [5.74, 6) is 0. The van der Waals surface area contributed by atoms with Crippen LogP contribution in [0.3, 0.4) is 0 Å². The van der Waals surface area contributed by atoms with Crippen molar-refractivity contribution in [2.24, 2.45) is 0 Å². The molecule has 1 aromatic heterocycles. The largest absolute Gasteiger partial charge is 0.353 e. The van der Waals surface area contributed by atoms with Crippen LogP contribution < -0.4 is 5.32 Å². The molecule has 0 fully saturated rings. The van der Waals surface area contributed by atoms with Crippen molar-refractivity contribution in [3.05, 3.63) is 38.8 Å². The molecule has 0 saturated carbocycles. The summed E-state index contributed by atoms with van der Waals surface area (Å²) in [7, 11) is 0. The van der Waals surface area contributed by atoms with Gasteiger partial charge in [-0.2, -0.15) is 0 Å². The topological polar surface area (TPSA) is 37.8 Å². The lowest BCUT2D eigenvalue weighted by atomic mass is 10.1. The molecule has 1 unspecified atom stereocenters. The van der Waals surface area contributed by atoms with Gasteiger partial charge in [0.25, 0.3) is 0 Å². The van der Waals surface area contributed by atoms with Crippen LogP contribution >= 0.6 is 34.5 Å². The summed E-state index contributed by atoms with van der Waals surface area (Å²) >= 11 is 13.6. The predicted octanol–water partition coefficient (Wildman–Crippen LogP) is 4.97. The van der Waals surface area contributed by atoms with E-state index in [0.29, 0.717) is 10.0 Å². The third-order valence-electron chi connectivity index (χ3n) is 2.82. The fourth-order valence-electron chi connectivity index (χ4n) is 1.75. The molecule has 0 spiro atoms. The van der Waals surface area contributed by atoms with Crippen molar-refractivity contribution in [3.8, 4) is 0 Å². The highest BCUT2D eigenvalue weighted by Gasteiger charge is 2.13. The first-order valence-electron chi connectivity index (χ1n) is 6.17. The lowest BCUT2D eigenvalue weighted by Gasteiger charge is -2.16. The van der Waals surface area contributed by atoms with Crippen molar-refractivity contribution in [3.63, 3.8) is 0 Å². The highest BCUT2D eigenvalue weighted by Crippen LogP contribution is 2.29. The highest BCUT2D eigenvalue weighted by atomic mass is 35.5. The Hall–Kier alpha value is -0.840. The third kappa shape index (κ3) is 3.59. The number of aromatic nitrogens is 2. The van der Waals surface area contributed by atoms with Crippen molar-refractivity contribution < 1.29 is 0 Å². The van der Waals surface area contributed by atoms with Gasteiger partial charge < -0.3 is 5.32 Å². The summed E-state index contributed by atoms with van der Waals surface area (Å²) in [4.78, 5) is 0. The van der Waals surface area contributed by atoms with Crippen LogP contribution in [-0.4, -0.2) is 10.2 Å². The Morgan fingerprint density at radius 1 is 1.21 bits per heavy atom. The molecule has 2 rings (SSSR count). The second-order valence-electron chi connectivity index (χ2n) is 4.13. The number of aryl methyl sites for hydroxylation is 1. The lowest BCUT2D eigenvalue weighted by Crippen LogP contribution is -2.09. The smallest absolute Gasteiger partial charge is 0.206 e. The number of nitrogens with one attached hydrogen (secondary N) is 1. The molecule has 1 heterocycles. The Labute approximate surface area is 127 Å². The molecule has 0 aliphatic rings. The predicted molar refractivity (Wildman–Crippen MR) is 82.4 cm³/mol. The number of rotatable bonds is 5. The van der Waals surface area contributed by atoms with Crippen LogP contribution in [0.2, 0.25) is 10.0 Å².